The molecule has 0 spiro atoms. The first-order valence-electron chi connectivity index (χ1n) is 5.57. The van der Waals surface area contributed by atoms with E-state index in [0.717, 1.165) is 12.8 Å². The zero-order valence-electron chi connectivity index (χ0n) is 8.96. The van der Waals surface area contributed by atoms with E-state index in [0.29, 0.717) is 16.6 Å². The summed E-state index contributed by atoms with van der Waals surface area (Å²) in [5.41, 5.74) is 0. The predicted octanol–water partition coefficient (Wildman–Crippen LogP) is 3.50. The van der Waals surface area contributed by atoms with Crippen LogP contribution < -0.4 is 10.6 Å². The fraction of sp³-hybridized carbons (Fsp3) is 0.545. The third-order valence-corrected chi connectivity index (χ3v) is 3.18. The molecule has 0 bridgehead atoms. The van der Waals surface area contributed by atoms with Gasteiger partial charge in [-0.25, -0.2) is 4.79 Å². The maximum Gasteiger partial charge on any atom is 0.321 e. The second-order valence-corrected chi connectivity index (χ2v) is 4.82. The largest absolute Gasteiger partial charge is 0.434 e. The van der Waals surface area contributed by atoms with E-state index in [4.69, 9.17) is 4.42 Å². The van der Waals surface area contributed by atoms with Crippen LogP contribution in [-0.4, -0.2) is 12.1 Å². The van der Waals surface area contributed by atoms with E-state index in [-0.39, 0.29) is 6.03 Å². The summed E-state index contributed by atoms with van der Waals surface area (Å²) in [7, 11) is 0. The number of carbonyl (C=O) groups is 1. The van der Waals surface area contributed by atoms with Crippen molar-refractivity contribution in [3.05, 3.63) is 16.8 Å². The second-order valence-electron chi connectivity index (χ2n) is 4.04. The van der Waals surface area contributed by atoms with Gasteiger partial charge in [-0.3, -0.25) is 5.32 Å². The number of amides is 2. The van der Waals surface area contributed by atoms with Gasteiger partial charge in [0.25, 0.3) is 0 Å². The van der Waals surface area contributed by atoms with E-state index in [9.17, 15) is 4.79 Å². The maximum absolute atomic E-state index is 11.6. The highest BCUT2D eigenvalue weighted by atomic mass is 79.9. The molecule has 0 unspecified atom stereocenters. The molecule has 1 aromatic heterocycles. The Morgan fingerprint density at radius 1 is 1.31 bits per heavy atom. The summed E-state index contributed by atoms with van der Waals surface area (Å²) in [4.78, 5) is 11.6. The molecule has 5 heteroatoms. The number of carbonyl (C=O) groups excluding carboxylic acids is 1. The highest BCUT2D eigenvalue weighted by Crippen LogP contribution is 2.19. The van der Waals surface area contributed by atoms with Crippen molar-refractivity contribution in [1.29, 1.82) is 0 Å². The minimum Gasteiger partial charge on any atom is -0.434 e. The van der Waals surface area contributed by atoms with Gasteiger partial charge in [-0.05, 0) is 34.8 Å². The highest BCUT2D eigenvalue weighted by molar-refractivity contribution is 9.10. The van der Waals surface area contributed by atoms with Gasteiger partial charge in [-0.2, -0.15) is 0 Å². The molecule has 0 aromatic carbocycles. The average Bonchev–Trinajstić information content (AvgIpc) is 2.65. The van der Waals surface area contributed by atoms with Crippen molar-refractivity contribution in [2.45, 2.75) is 38.1 Å². The topological polar surface area (TPSA) is 54.3 Å². The Morgan fingerprint density at radius 3 is 2.69 bits per heavy atom. The van der Waals surface area contributed by atoms with Crippen LogP contribution in [0.4, 0.5) is 10.7 Å². The Kier molecular flexibility index (Phi) is 3.88. The molecular formula is C11H15BrN2O2. The summed E-state index contributed by atoms with van der Waals surface area (Å²) in [6.45, 7) is 0. The molecule has 0 radical (unpaired) electrons. The van der Waals surface area contributed by atoms with Gasteiger partial charge in [0.2, 0.25) is 5.88 Å². The highest BCUT2D eigenvalue weighted by Gasteiger charge is 2.15. The van der Waals surface area contributed by atoms with Gasteiger partial charge in [-0.15, -0.1) is 0 Å². The lowest BCUT2D eigenvalue weighted by Gasteiger charge is -2.22. The Morgan fingerprint density at radius 2 is 2.06 bits per heavy atom. The third-order valence-electron chi connectivity index (χ3n) is 2.75. The van der Waals surface area contributed by atoms with Crippen molar-refractivity contribution >= 4 is 27.8 Å². The van der Waals surface area contributed by atoms with Crippen LogP contribution in [0, 0.1) is 0 Å². The number of urea groups is 1. The number of rotatable bonds is 2. The summed E-state index contributed by atoms with van der Waals surface area (Å²) in [6, 6.07) is 3.58. The number of furan rings is 1. The Hall–Kier alpha value is -0.970. The summed E-state index contributed by atoms with van der Waals surface area (Å²) in [5, 5.41) is 5.61. The van der Waals surface area contributed by atoms with Crippen LogP contribution in [0.3, 0.4) is 0 Å². The minimum atomic E-state index is -0.186. The minimum absolute atomic E-state index is 0.186. The quantitative estimate of drug-likeness (QED) is 0.874. The maximum atomic E-state index is 11.6. The van der Waals surface area contributed by atoms with Crippen LogP contribution in [0.15, 0.2) is 21.2 Å². The molecule has 1 saturated carbocycles. The van der Waals surface area contributed by atoms with Crippen LogP contribution in [0.2, 0.25) is 0 Å². The summed E-state index contributed by atoms with van der Waals surface area (Å²) in [5.74, 6) is 0.459. The second kappa shape index (κ2) is 5.39. The standard InChI is InChI=1S/C11H15BrN2O2/c12-9-6-7-10(16-9)14-11(15)13-8-4-2-1-3-5-8/h6-8H,1-5H2,(H2,13,14,15). The molecule has 2 N–H and O–H groups in total. The molecule has 0 saturated heterocycles. The van der Waals surface area contributed by atoms with Crippen LogP contribution >= 0.6 is 15.9 Å². The van der Waals surface area contributed by atoms with E-state index in [1.54, 1.807) is 12.1 Å². The normalized spacial score (nSPS) is 17.1. The van der Waals surface area contributed by atoms with Gasteiger partial charge in [0.1, 0.15) is 0 Å². The van der Waals surface area contributed by atoms with Crippen LogP contribution in [0.25, 0.3) is 0 Å². The van der Waals surface area contributed by atoms with E-state index in [2.05, 4.69) is 26.6 Å². The predicted molar refractivity (Wildman–Crippen MR) is 65.4 cm³/mol. The first kappa shape index (κ1) is 11.5. The number of halogens is 1. The summed E-state index contributed by atoms with van der Waals surface area (Å²) < 4.78 is 5.80. The van der Waals surface area contributed by atoms with E-state index in [1.165, 1.54) is 19.3 Å². The lowest BCUT2D eigenvalue weighted by atomic mass is 9.96. The molecule has 16 heavy (non-hydrogen) atoms. The number of hydrogen-bond donors (Lipinski definition) is 2. The molecule has 4 nitrogen and oxygen atoms in total. The Bertz CT molecular complexity index is 359. The van der Waals surface area contributed by atoms with Crippen molar-refractivity contribution in [1.82, 2.24) is 5.32 Å². The molecule has 1 heterocycles. The summed E-state index contributed by atoms with van der Waals surface area (Å²) in [6.07, 6.45) is 5.85. The van der Waals surface area contributed by atoms with Crippen molar-refractivity contribution in [3.63, 3.8) is 0 Å². The first-order valence-corrected chi connectivity index (χ1v) is 6.36. The van der Waals surface area contributed by atoms with Gasteiger partial charge in [0, 0.05) is 12.1 Å². The van der Waals surface area contributed by atoms with Crippen LogP contribution in [-0.2, 0) is 0 Å². The Labute approximate surface area is 103 Å². The molecule has 1 aliphatic carbocycles. The smallest absolute Gasteiger partial charge is 0.321 e. The molecule has 0 atom stereocenters. The third kappa shape index (κ3) is 3.27. The fourth-order valence-corrected chi connectivity index (χ4v) is 2.27. The zero-order chi connectivity index (χ0) is 11.4. The van der Waals surface area contributed by atoms with Crippen LogP contribution in [0.5, 0.6) is 0 Å². The number of hydrogen-bond acceptors (Lipinski definition) is 2. The lowest BCUT2D eigenvalue weighted by Crippen LogP contribution is -2.38. The average molecular weight is 287 g/mol. The molecule has 88 valence electrons. The van der Waals surface area contributed by atoms with Gasteiger partial charge in [0.15, 0.2) is 4.67 Å². The zero-order valence-corrected chi connectivity index (χ0v) is 10.5. The van der Waals surface area contributed by atoms with Crippen molar-refractivity contribution < 1.29 is 9.21 Å². The molecule has 1 aromatic rings. The molecule has 0 aliphatic heterocycles. The molecular weight excluding hydrogens is 272 g/mol. The van der Waals surface area contributed by atoms with E-state index in [1.807, 2.05) is 0 Å². The molecule has 1 aliphatic rings. The SMILES string of the molecule is O=C(Nc1ccc(Br)o1)NC1CCCCC1. The van der Waals surface area contributed by atoms with E-state index >= 15 is 0 Å². The molecule has 2 rings (SSSR count). The number of nitrogens with one attached hydrogen (secondary N) is 2. The van der Waals surface area contributed by atoms with Gasteiger partial charge < -0.3 is 9.73 Å². The van der Waals surface area contributed by atoms with Crippen molar-refractivity contribution in [3.8, 4) is 0 Å². The van der Waals surface area contributed by atoms with Crippen molar-refractivity contribution in [2.24, 2.45) is 0 Å². The van der Waals surface area contributed by atoms with Gasteiger partial charge in [0.05, 0.1) is 0 Å². The number of anilines is 1. The van der Waals surface area contributed by atoms with Crippen LogP contribution in [0.1, 0.15) is 32.1 Å². The lowest BCUT2D eigenvalue weighted by molar-refractivity contribution is 0.243. The molecule has 2 amide bonds. The fourth-order valence-electron chi connectivity index (χ4n) is 1.96. The van der Waals surface area contributed by atoms with Gasteiger partial charge >= 0.3 is 6.03 Å². The van der Waals surface area contributed by atoms with Gasteiger partial charge in [-0.1, -0.05) is 19.3 Å². The molecule has 1 fully saturated rings. The monoisotopic (exact) mass is 286 g/mol. The summed E-state index contributed by atoms with van der Waals surface area (Å²) >= 11 is 3.18. The first-order chi connectivity index (χ1) is 7.74. The van der Waals surface area contributed by atoms with E-state index < -0.39 is 0 Å². The Balaban J connectivity index is 1.79. The van der Waals surface area contributed by atoms with Crippen molar-refractivity contribution in [2.75, 3.05) is 5.32 Å².